The molecule has 0 unspecified atom stereocenters. The molecule has 0 aliphatic heterocycles. The highest BCUT2D eigenvalue weighted by molar-refractivity contribution is 6.11. The third-order valence-corrected chi connectivity index (χ3v) is 5.08. The Morgan fingerprint density at radius 3 is 2.44 bits per heavy atom. The molecule has 0 saturated heterocycles. The largest absolute Gasteiger partial charge is 0.495 e. The molecule has 0 spiro atoms. The average Bonchev–Trinajstić information content (AvgIpc) is 3.03. The summed E-state index contributed by atoms with van der Waals surface area (Å²) in [5, 5.41) is 10.5. The highest BCUT2D eigenvalue weighted by Gasteiger charge is 2.16. The number of carbonyl (C=O) groups excluding carboxylic acids is 1. The molecule has 2 N–H and O–H groups in total. The molecule has 8 heteroatoms. The highest BCUT2D eigenvalue weighted by Crippen LogP contribution is 2.23. The number of aryl methyl sites for hydroxylation is 2. The molecular weight excluding hydrogens is 406 g/mol. The Kier molecular flexibility index (Phi) is 7.49. The Balaban J connectivity index is 1.92. The molecule has 168 valence electrons. The van der Waals surface area contributed by atoms with Gasteiger partial charge < -0.3 is 14.8 Å². The number of aliphatic imine (C=N–C) groups is 1. The van der Waals surface area contributed by atoms with Crippen molar-refractivity contribution in [3.63, 3.8) is 0 Å². The van der Waals surface area contributed by atoms with Gasteiger partial charge in [0.2, 0.25) is 5.96 Å². The average molecular weight is 436 g/mol. The third-order valence-electron chi connectivity index (χ3n) is 5.08. The van der Waals surface area contributed by atoms with Crippen molar-refractivity contribution in [1.82, 2.24) is 15.1 Å². The van der Waals surface area contributed by atoms with E-state index in [9.17, 15) is 4.79 Å². The SMILES string of the molecule is CCOc1ccccc1C(=O)NC(=NCc1c(C)nn(C)c1C)Nc1ccccc1OC. The Hall–Kier alpha value is -3.81. The van der Waals surface area contributed by atoms with Gasteiger partial charge in [-0.25, -0.2) is 4.99 Å². The molecule has 0 aliphatic carbocycles. The van der Waals surface area contributed by atoms with Gasteiger partial charge in [0.25, 0.3) is 5.91 Å². The lowest BCUT2D eigenvalue weighted by Crippen LogP contribution is -2.36. The van der Waals surface area contributed by atoms with E-state index in [0.29, 0.717) is 41.9 Å². The number of rotatable bonds is 7. The number of methoxy groups -OCH3 is 1. The fourth-order valence-electron chi connectivity index (χ4n) is 3.30. The summed E-state index contributed by atoms with van der Waals surface area (Å²) >= 11 is 0. The van der Waals surface area contributed by atoms with E-state index in [2.05, 4.69) is 20.7 Å². The molecule has 1 aromatic heterocycles. The van der Waals surface area contributed by atoms with Crippen LogP contribution in [0.1, 0.15) is 34.2 Å². The van der Waals surface area contributed by atoms with Gasteiger partial charge in [-0.3, -0.25) is 14.8 Å². The van der Waals surface area contributed by atoms with Crippen LogP contribution in [0.25, 0.3) is 0 Å². The van der Waals surface area contributed by atoms with E-state index in [0.717, 1.165) is 17.0 Å². The molecule has 0 saturated carbocycles. The first kappa shape index (κ1) is 22.9. The summed E-state index contributed by atoms with van der Waals surface area (Å²) in [6, 6.07) is 14.6. The number of hydrogen-bond donors (Lipinski definition) is 2. The van der Waals surface area contributed by atoms with E-state index in [1.807, 2.05) is 62.8 Å². The summed E-state index contributed by atoms with van der Waals surface area (Å²) in [6.07, 6.45) is 0. The maximum Gasteiger partial charge on any atom is 0.261 e. The number of nitrogens with one attached hydrogen (secondary N) is 2. The summed E-state index contributed by atoms with van der Waals surface area (Å²) in [5.74, 6) is 1.13. The van der Waals surface area contributed by atoms with Gasteiger partial charge in [-0.05, 0) is 45.0 Å². The predicted molar refractivity (Wildman–Crippen MR) is 126 cm³/mol. The fraction of sp³-hybridized carbons (Fsp3) is 0.292. The van der Waals surface area contributed by atoms with Gasteiger partial charge in [-0.2, -0.15) is 5.10 Å². The van der Waals surface area contributed by atoms with Crippen LogP contribution in [-0.2, 0) is 13.6 Å². The van der Waals surface area contributed by atoms with Crippen molar-refractivity contribution in [3.8, 4) is 11.5 Å². The van der Waals surface area contributed by atoms with Crippen molar-refractivity contribution in [2.75, 3.05) is 19.0 Å². The van der Waals surface area contributed by atoms with Crippen LogP contribution in [-0.4, -0.2) is 35.4 Å². The van der Waals surface area contributed by atoms with Crippen LogP contribution in [0.4, 0.5) is 5.69 Å². The van der Waals surface area contributed by atoms with Crippen LogP contribution in [0.2, 0.25) is 0 Å². The van der Waals surface area contributed by atoms with E-state index >= 15 is 0 Å². The molecule has 0 bridgehead atoms. The van der Waals surface area contributed by atoms with Gasteiger partial charge in [-0.1, -0.05) is 24.3 Å². The smallest absolute Gasteiger partial charge is 0.261 e. The number of ether oxygens (including phenoxy) is 2. The molecule has 3 rings (SSSR count). The first-order chi connectivity index (χ1) is 15.4. The second-order valence-corrected chi connectivity index (χ2v) is 7.15. The lowest BCUT2D eigenvalue weighted by atomic mass is 10.2. The molecule has 0 radical (unpaired) electrons. The Labute approximate surface area is 188 Å². The van der Waals surface area contributed by atoms with E-state index in [-0.39, 0.29) is 5.91 Å². The van der Waals surface area contributed by atoms with Crippen LogP contribution in [0.3, 0.4) is 0 Å². The normalized spacial score (nSPS) is 11.2. The number of anilines is 1. The first-order valence-electron chi connectivity index (χ1n) is 10.4. The molecule has 1 heterocycles. The Morgan fingerprint density at radius 1 is 1.09 bits per heavy atom. The van der Waals surface area contributed by atoms with E-state index in [4.69, 9.17) is 9.47 Å². The molecule has 32 heavy (non-hydrogen) atoms. The number of benzene rings is 2. The highest BCUT2D eigenvalue weighted by atomic mass is 16.5. The van der Waals surface area contributed by atoms with E-state index in [1.54, 1.807) is 25.3 Å². The lowest BCUT2D eigenvalue weighted by molar-refractivity contribution is 0.0973. The molecule has 0 aliphatic rings. The maximum absolute atomic E-state index is 13.1. The quantitative estimate of drug-likeness (QED) is 0.435. The number of nitrogens with zero attached hydrogens (tertiary/aromatic N) is 3. The minimum absolute atomic E-state index is 0.299. The van der Waals surface area contributed by atoms with E-state index < -0.39 is 0 Å². The zero-order chi connectivity index (χ0) is 23.1. The lowest BCUT2D eigenvalue weighted by Gasteiger charge is -2.15. The zero-order valence-electron chi connectivity index (χ0n) is 19.1. The van der Waals surface area contributed by atoms with Crippen molar-refractivity contribution >= 4 is 17.6 Å². The predicted octanol–water partition coefficient (Wildman–Crippen LogP) is 3.84. The van der Waals surface area contributed by atoms with Gasteiger partial charge in [-0.15, -0.1) is 0 Å². The van der Waals surface area contributed by atoms with E-state index in [1.165, 1.54) is 0 Å². The van der Waals surface area contributed by atoms with Crippen molar-refractivity contribution in [1.29, 1.82) is 0 Å². The van der Waals surface area contributed by atoms with Crippen LogP contribution in [0.15, 0.2) is 53.5 Å². The molecule has 3 aromatic rings. The van der Waals surface area contributed by atoms with Gasteiger partial charge in [0.05, 0.1) is 37.2 Å². The molecule has 1 amide bonds. The van der Waals surface area contributed by atoms with Crippen LogP contribution in [0.5, 0.6) is 11.5 Å². The van der Waals surface area contributed by atoms with Gasteiger partial charge in [0, 0.05) is 18.3 Å². The number of para-hydroxylation sites is 3. The Bertz CT molecular complexity index is 1120. The van der Waals surface area contributed by atoms with Crippen molar-refractivity contribution in [2.24, 2.45) is 12.0 Å². The first-order valence-corrected chi connectivity index (χ1v) is 10.4. The third kappa shape index (κ3) is 5.26. The summed E-state index contributed by atoms with van der Waals surface area (Å²) in [4.78, 5) is 17.7. The van der Waals surface area contributed by atoms with Gasteiger partial charge >= 0.3 is 0 Å². The summed E-state index contributed by atoms with van der Waals surface area (Å²) in [5.41, 5.74) is 4.05. The topological polar surface area (TPSA) is 89.8 Å². The van der Waals surface area contributed by atoms with Crippen LogP contribution >= 0.6 is 0 Å². The minimum Gasteiger partial charge on any atom is -0.495 e. The van der Waals surface area contributed by atoms with Crippen LogP contribution in [0, 0.1) is 13.8 Å². The molecule has 2 aromatic carbocycles. The maximum atomic E-state index is 13.1. The number of hydrogen-bond acceptors (Lipinski definition) is 5. The standard InChI is InChI=1S/C24H29N5O3/c1-6-32-21-13-9-7-11-18(21)23(30)27-24(26-20-12-8-10-14-22(20)31-5)25-15-19-16(2)28-29(4)17(19)3/h7-14H,6,15H2,1-5H3,(H2,25,26,27,30). The molecule has 0 atom stereocenters. The summed E-state index contributed by atoms with van der Waals surface area (Å²) in [6.45, 7) is 6.64. The second-order valence-electron chi connectivity index (χ2n) is 7.15. The molecule has 0 fully saturated rings. The van der Waals surface area contributed by atoms with Crippen molar-refractivity contribution in [3.05, 3.63) is 71.0 Å². The van der Waals surface area contributed by atoms with Gasteiger partial charge in [0.15, 0.2) is 0 Å². The Morgan fingerprint density at radius 2 is 1.78 bits per heavy atom. The monoisotopic (exact) mass is 435 g/mol. The number of amides is 1. The number of aromatic nitrogens is 2. The molecular formula is C24H29N5O3. The summed E-state index contributed by atoms with van der Waals surface area (Å²) in [7, 11) is 3.49. The molecule has 8 nitrogen and oxygen atoms in total. The fourth-order valence-corrected chi connectivity index (χ4v) is 3.30. The van der Waals surface area contributed by atoms with Crippen LogP contribution < -0.4 is 20.1 Å². The van der Waals surface area contributed by atoms with Crippen molar-refractivity contribution < 1.29 is 14.3 Å². The minimum atomic E-state index is -0.324. The second kappa shape index (κ2) is 10.5. The summed E-state index contributed by atoms with van der Waals surface area (Å²) < 4.78 is 12.9. The van der Waals surface area contributed by atoms with Gasteiger partial charge in [0.1, 0.15) is 11.5 Å². The van der Waals surface area contributed by atoms with Crippen molar-refractivity contribution in [2.45, 2.75) is 27.3 Å². The number of guanidine groups is 1. The zero-order valence-corrected chi connectivity index (χ0v) is 19.1. The number of carbonyl (C=O) groups is 1.